The van der Waals surface area contributed by atoms with Crippen molar-refractivity contribution in [1.29, 1.82) is 0 Å². The fraction of sp³-hybridized carbons (Fsp3) is 0.357. The molecule has 6 heteroatoms. The lowest BCUT2D eigenvalue weighted by atomic mass is 10.2. The molecule has 0 amide bonds. The lowest BCUT2D eigenvalue weighted by molar-refractivity contribution is 0.528. The van der Waals surface area contributed by atoms with Gasteiger partial charge in [0.25, 0.3) is 0 Å². The summed E-state index contributed by atoms with van der Waals surface area (Å²) in [5.74, 6) is 0. The van der Waals surface area contributed by atoms with Crippen LogP contribution in [-0.4, -0.2) is 15.0 Å². The maximum atomic E-state index is 12.1. The molecule has 0 saturated heterocycles. The Morgan fingerprint density at radius 1 is 1.20 bits per heavy atom. The molecule has 1 N–H and O–H groups in total. The molecule has 0 aliphatic heterocycles. The molecule has 0 aliphatic rings. The Balaban J connectivity index is 2.31. The van der Waals surface area contributed by atoms with E-state index in [1.807, 2.05) is 6.92 Å². The second-order valence-corrected chi connectivity index (χ2v) is 6.28. The van der Waals surface area contributed by atoms with Crippen molar-refractivity contribution in [3.8, 4) is 0 Å². The summed E-state index contributed by atoms with van der Waals surface area (Å²) < 4.78 is 31.6. The van der Waals surface area contributed by atoms with Gasteiger partial charge in [0.1, 0.15) is 5.58 Å². The van der Waals surface area contributed by atoms with Crippen molar-refractivity contribution in [2.45, 2.75) is 31.1 Å². The molecule has 5 nitrogen and oxygen atoms in total. The molecule has 108 valence electrons. The van der Waals surface area contributed by atoms with Gasteiger partial charge in [-0.25, -0.2) is 17.9 Å². The molecule has 0 unspecified atom stereocenters. The lowest BCUT2D eigenvalue weighted by Crippen LogP contribution is -2.29. The number of sulfonamides is 1. The van der Waals surface area contributed by atoms with Crippen molar-refractivity contribution in [1.82, 2.24) is 4.72 Å². The van der Waals surface area contributed by atoms with E-state index in [0.717, 1.165) is 19.3 Å². The molecule has 1 aromatic heterocycles. The summed E-state index contributed by atoms with van der Waals surface area (Å²) in [7, 11) is -3.82. The first-order valence-corrected chi connectivity index (χ1v) is 8.05. The van der Waals surface area contributed by atoms with Gasteiger partial charge in [-0.1, -0.05) is 38.0 Å². The molecule has 2 rings (SSSR count). The third-order valence-corrected chi connectivity index (χ3v) is 4.42. The Morgan fingerprint density at radius 3 is 2.70 bits per heavy atom. The van der Waals surface area contributed by atoms with Crippen LogP contribution in [0.4, 0.5) is 0 Å². The molecular weight excluding hydrogens is 278 g/mol. The highest BCUT2D eigenvalue weighted by Crippen LogP contribution is 2.15. The average Bonchev–Trinajstić information content (AvgIpc) is 2.43. The number of nitrogens with one attached hydrogen (secondary N) is 1. The molecular formula is C14H17NO4S. The van der Waals surface area contributed by atoms with Gasteiger partial charge in [0.2, 0.25) is 10.0 Å². The predicted molar refractivity (Wildman–Crippen MR) is 77.2 cm³/mol. The molecule has 1 heterocycles. The minimum Gasteiger partial charge on any atom is -0.422 e. The number of benzene rings is 1. The topological polar surface area (TPSA) is 76.4 Å². The molecule has 0 aliphatic carbocycles. The Kier molecular flexibility index (Phi) is 4.57. The fourth-order valence-corrected chi connectivity index (χ4v) is 3.00. The lowest BCUT2D eigenvalue weighted by Gasteiger charge is -2.06. The maximum Gasteiger partial charge on any atom is 0.356 e. The van der Waals surface area contributed by atoms with Crippen LogP contribution in [0.1, 0.15) is 26.2 Å². The van der Waals surface area contributed by atoms with E-state index in [1.54, 1.807) is 24.3 Å². The summed E-state index contributed by atoms with van der Waals surface area (Å²) in [6, 6.07) is 8.16. The van der Waals surface area contributed by atoms with Crippen molar-refractivity contribution >= 4 is 21.0 Å². The molecule has 0 spiro atoms. The molecule has 1 aromatic carbocycles. The second-order valence-electron chi connectivity index (χ2n) is 4.54. The number of fused-ring (bicyclic) bond motifs is 1. The number of para-hydroxylation sites is 1. The van der Waals surface area contributed by atoms with Gasteiger partial charge in [0, 0.05) is 11.9 Å². The fourth-order valence-electron chi connectivity index (χ4n) is 1.89. The van der Waals surface area contributed by atoms with E-state index in [0.29, 0.717) is 17.5 Å². The van der Waals surface area contributed by atoms with Crippen LogP contribution >= 0.6 is 0 Å². The van der Waals surface area contributed by atoms with Crippen LogP contribution in [0.15, 0.2) is 44.4 Å². The van der Waals surface area contributed by atoms with Gasteiger partial charge in [0.15, 0.2) is 4.90 Å². The number of hydrogen-bond acceptors (Lipinski definition) is 4. The summed E-state index contributed by atoms with van der Waals surface area (Å²) >= 11 is 0. The summed E-state index contributed by atoms with van der Waals surface area (Å²) in [5, 5.41) is 0.584. The minimum atomic E-state index is -3.82. The van der Waals surface area contributed by atoms with E-state index in [-0.39, 0.29) is 4.90 Å². The van der Waals surface area contributed by atoms with Gasteiger partial charge in [-0.3, -0.25) is 0 Å². The van der Waals surface area contributed by atoms with Crippen LogP contribution in [0.25, 0.3) is 11.0 Å². The van der Waals surface area contributed by atoms with E-state index in [9.17, 15) is 13.2 Å². The summed E-state index contributed by atoms with van der Waals surface area (Å²) in [6.45, 7) is 2.36. The van der Waals surface area contributed by atoms with Gasteiger partial charge in [0.05, 0.1) is 0 Å². The standard InChI is InChI=1S/C14H17NO4S/c1-2-3-6-9-15-20(17,18)13-10-11-7-4-5-8-12(11)19-14(13)16/h4-5,7-8,10,15H,2-3,6,9H2,1H3. The highest BCUT2D eigenvalue weighted by molar-refractivity contribution is 7.89. The molecule has 2 aromatic rings. The third kappa shape index (κ3) is 3.26. The summed E-state index contributed by atoms with van der Waals surface area (Å²) in [6.07, 6.45) is 2.68. The van der Waals surface area contributed by atoms with Crippen molar-refractivity contribution in [2.24, 2.45) is 0 Å². The monoisotopic (exact) mass is 295 g/mol. The molecule has 0 bridgehead atoms. The first kappa shape index (κ1) is 14.7. The Morgan fingerprint density at radius 2 is 1.95 bits per heavy atom. The highest BCUT2D eigenvalue weighted by Gasteiger charge is 2.19. The predicted octanol–water partition coefficient (Wildman–Crippen LogP) is 2.26. The zero-order chi connectivity index (χ0) is 14.6. The molecule has 0 fully saturated rings. The Labute approximate surface area is 117 Å². The first-order valence-electron chi connectivity index (χ1n) is 6.57. The van der Waals surface area contributed by atoms with Crippen molar-refractivity contribution in [3.63, 3.8) is 0 Å². The van der Waals surface area contributed by atoms with Gasteiger partial charge in [-0.15, -0.1) is 0 Å². The van der Waals surface area contributed by atoms with Crippen LogP contribution in [0, 0.1) is 0 Å². The summed E-state index contributed by atoms with van der Waals surface area (Å²) in [5.41, 5.74) is -0.464. The Hall–Kier alpha value is -1.66. The number of unbranched alkanes of at least 4 members (excludes halogenated alkanes) is 2. The van der Waals surface area contributed by atoms with E-state index in [2.05, 4.69) is 4.72 Å². The van der Waals surface area contributed by atoms with Gasteiger partial charge < -0.3 is 4.42 Å². The molecule has 0 saturated carbocycles. The van der Waals surface area contributed by atoms with Crippen LogP contribution < -0.4 is 10.3 Å². The average molecular weight is 295 g/mol. The van der Waals surface area contributed by atoms with Gasteiger partial charge >= 0.3 is 5.63 Å². The van der Waals surface area contributed by atoms with Crippen LogP contribution in [0.2, 0.25) is 0 Å². The Bertz CT molecular complexity index is 749. The quantitative estimate of drug-likeness (QED) is 0.655. The first-order chi connectivity index (χ1) is 9.54. The highest BCUT2D eigenvalue weighted by atomic mass is 32.2. The molecule has 0 radical (unpaired) electrons. The van der Waals surface area contributed by atoms with Crippen molar-refractivity contribution in [3.05, 3.63) is 40.8 Å². The minimum absolute atomic E-state index is 0.322. The third-order valence-electron chi connectivity index (χ3n) is 2.97. The normalized spacial score (nSPS) is 11.8. The molecule has 20 heavy (non-hydrogen) atoms. The van der Waals surface area contributed by atoms with E-state index >= 15 is 0 Å². The van der Waals surface area contributed by atoms with E-state index in [4.69, 9.17) is 4.42 Å². The van der Waals surface area contributed by atoms with Crippen LogP contribution in [0.5, 0.6) is 0 Å². The number of rotatable bonds is 6. The zero-order valence-corrected chi connectivity index (χ0v) is 12.1. The smallest absolute Gasteiger partial charge is 0.356 e. The van der Waals surface area contributed by atoms with Gasteiger partial charge in [-0.05, 0) is 18.6 Å². The van der Waals surface area contributed by atoms with E-state index in [1.165, 1.54) is 6.07 Å². The zero-order valence-electron chi connectivity index (χ0n) is 11.3. The van der Waals surface area contributed by atoms with Crippen LogP contribution in [-0.2, 0) is 10.0 Å². The SMILES string of the molecule is CCCCCNS(=O)(=O)c1cc2ccccc2oc1=O. The number of hydrogen-bond donors (Lipinski definition) is 1. The second kappa shape index (κ2) is 6.19. The maximum absolute atomic E-state index is 12.1. The van der Waals surface area contributed by atoms with Crippen molar-refractivity contribution in [2.75, 3.05) is 6.54 Å². The van der Waals surface area contributed by atoms with Gasteiger partial charge in [-0.2, -0.15) is 0 Å². The van der Waals surface area contributed by atoms with Crippen LogP contribution in [0.3, 0.4) is 0 Å². The summed E-state index contributed by atoms with van der Waals surface area (Å²) in [4.78, 5) is 11.4. The largest absolute Gasteiger partial charge is 0.422 e. The van der Waals surface area contributed by atoms with Crippen molar-refractivity contribution < 1.29 is 12.8 Å². The molecule has 0 atom stereocenters. The van der Waals surface area contributed by atoms with E-state index < -0.39 is 15.6 Å².